The standard InChI is InChI=1S/C12H15N3O/c1-3-14(4-2)12(16)10-6-5-7-11-13-8-9-15(10)11/h5-9H,3-4H2,1-2H3. The summed E-state index contributed by atoms with van der Waals surface area (Å²) >= 11 is 0. The van der Waals surface area contributed by atoms with Gasteiger partial charge in [0.1, 0.15) is 11.3 Å². The van der Waals surface area contributed by atoms with Crippen LogP contribution in [0.25, 0.3) is 5.65 Å². The summed E-state index contributed by atoms with van der Waals surface area (Å²) in [7, 11) is 0. The number of hydrogen-bond donors (Lipinski definition) is 0. The lowest BCUT2D eigenvalue weighted by atomic mass is 10.3. The summed E-state index contributed by atoms with van der Waals surface area (Å²) in [5.74, 6) is 0.0496. The number of pyridine rings is 1. The molecule has 0 saturated carbocycles. The molecule has 0 aromatic carbocycles. The normalized spacial score (nSPS) is 10.6. The van der Waals surface area contributed by atoms with Crippen molar-refractivity contribution in [3.63, 3.8) is 0 Å². The lowest BCUT2D eigenvalue weighted by Crippen LogP contribution is -2.31. The SMILES string of the molecule is CCN(CC)C(=O)c1cccc2nccn12. The largest absolute Gasteiger partial charge is 0.338 e. The first-order valence-corrected chi connectivity index (χ1v) is 5.49. The van der Waals surface area contributed by atoms with Crippen molar-refractivity contribution in [2.75, 3.05) is 13.1 Å². The van der Waals surface area contributed by atoms with Crippen molar-refractivity contribution >= 4 is 11.6 Å². The van der Waals surface area contributed by atoms with E-state index in [1.165, 1.54) is 0 Å². The molecule has 2 aromatic rings. The molecule has 0 N–H and O–H groups in total. The Morgan fingerprint density at radius 2 is 2.12 bits per heavy atom. The van der Waals surface area contributed by atoms with Crippen LogP contribution in [-0.4, -0.2) is 33.3 Å². The Hall–Kier alpha value is -1.84. The van der Waals surface area contributed by atoms with Gasteiger partial charge in [-0.05, 0) is 26.0 Å². The maximum Gasteiger partial charge on any atom is 0.270 e. The zero-order valence-corrected chi connectivity index (χ0v) is 9.55. The Balaban J connectivity index is 2.46. The molecule has 0 saturated heterocycles. The molecule has 84 valence electrons. The average Bonchev–Trinajstić information content (AvgIpc) is 2.78. The number of amides is 1. The highest BCUT2D eigenvalue weighted by Gasteiger charge is 2.15. The first-order chi connectivity index (χ1) is 7.77. The van der Waals surface area contributed by atoms with Gasteiger partial charge in [0.15, 0.2) is 0 Å². The molecule has 4 heteroatoms. The van der Waals surface area contributed by atoms with Crippen LogP contribution < -0.4 is 0 Å². The summed E-state index contributed by atoms with van der Waals surface area (Å²) in [6.07, 6.45) is 3.51. The van der Waals surface area contributed by atoms with E-state index in [0.717, 1.165) is 18.7 Å². The fraction of sp³-hybridized carbons (Fsp3) is 0.333. The molecule has 0 fully saturated rings. The molecule has 16 heavy (non-hydrogen) atoms. The van der Waals surface area contributed by atoms with Crippen LogP contribution in [0, 0.1) is 0 Å². The number of fused-ring (bicyclic) bond motifs is 1. The van der Waals surface area contributed by atoms with Crippen LogP contribution in [-0.2, 0) is 0 Å². The fourth-order valence-corrected chi connectivity index (χ4v) is 1.79. The lowest BCUT2D eigenvalue weighted by Gasteiger charge is -2.19. The molecule has 0 aliphatic heterocycles. The van der Waals surface area contributed by atoms with Gasteiger partial charge in [-0.2, -0.15) is 0 Å². The number of rotatable bonds is 3. The molecule has 0 atom stereocenters. The van der Waals surface area contributed by atoms with Crippen LogP contribution in [0.1, 0.15) is 24.3 Å². The second-order valence-electron chi connectivity index (χ2n) is 3.54. The summed E-state index contributed by atoms with van der Waals surface area (Å²) in [4.78, 5) is 18.2. The third-order valence-electron chi connectivity index (χ3n) is 2.70. The number of imidazole rings is 1. The number of hydrogen-bond acceptors (Lipinski definition) is 2. The highest BCUT2D eigenvalue weighted by molar-refractivity contribution is 5.93. The summed E-state index contributed by atoms with van der Waals surface area (Å²) in [6, 6.07) is 5.58. The Morgan fingerprint density at radius 3 is 2.81 bits per heavy atom. The van der Waals surface area contributed by atoms with Crippen molar-refractivity contribution in [2.45, 2.75) is 13.8 Å². The van der Waals surface area contributed by atoms with Crippen molar-refractivity contribution in [2.24, 2.45) is 0 Å². The van der Waals surface area contributed by atoms with Gasteiger partial charge in [0.05, 0.1) is 0 Å². The average molecular weight is 217 g/mol. The quantitative estimate of drug-likeness (QED) is 0.786. The molecule has 2 aromatic heterocycles. The van der Waals surface area contributed by atoms with E-state index >= 15 is 0 Å². The predicted octanol–water partition coefficient (Wildman–Crippen LogP) is 1.82. The molecular weight excluding hydrogens is 202 g/mol. The number of carbonyl (C=O) groups is 1. The van der Waals surface area contributed by atoms with Gasteiger partial charge in [0, 0.05) is 25.5 Å². The maximum absolute atomic E-state index is 12.2. The second kappa shape index (κ2) is 4.35. The fourth-order valence-electron chi connectivity index (χ4n) is 1.79. The van der Waals surface area contributed by atoms with E-state index in [1.54, 1.807) is 11.1 Å². The molecule has 0 radical (unpaired) electrons. The Labute approximate surface area is 94.5 Å². The molecule has 0 spiro atoms. The van der Waals surface area contributed by atoms with Crippen molar-refractivity contribution in [3.8, 4) is 0 Å². The molecule has 0 aliphatic carbocycles. The third-order valence-corrected chi connectivity index (χ3v) is 2.70. The van der Waals surface area contributed by atoms with E-state index in [1.807, 2.05) is 42.6 Å². The van der Waals surface area contributed by atoms with Crippen LogP contribution in [0.2, 0.25) is 0 Å². The van der Waals surface area contributed by atoms with Crippen molar-refractivity contribution in [3.05, 3.63) is 36.3 Å². The number of aromatic nitrogens is 2. The topological polar surface area (TPSA) is 37.6 Å². The van der Waals surface area contributed by atoms with Crippen LogP contribution in [0.3, 0.4) is 0 Å². The minimum absolute atomic E-state index is 0.0496. The van der Waals surface area contributed by atoms with E-state index in [-0.39, 0.29) is 5.91 Å². The molecule has 0 aliphatic rings. The summed E-state index contributed by atoms with van der Waals surface area (Å²) in [5, 5.41) is 0. The van der Waals surface area contributed by atoms with Gasteiger partial charge in [0.25, 0.3) is 5.91 Å². The van der Waals surface area contributed by atoms with Gasteiger partial charge in [-0.1, -0.05) is 6.07 Å². The number of carbonyl (C=O) groups excluding carboxylic acids is 1. The van der Waals surface area contributed by atoms with Crippen LogP contribution in [0.15, 0.2) is 30.6 Å². The monoisotopic (exact) mass is 217 g/mol. The molecular formula is C12H15N3O. The van der Waals surface area contributed by atoms with Gasteiger partial charge in [-0.15, -0.1) is 0 Å². The Kier molecular flexibility index (Phi) is 2.90. The van der Waals surface area contributed by atoms with Crippen LogP contribution in [0.5, 0.6) is 0 Å². The van der Waals surface area contributed by atoms with Crippen molar-refractivity contribution < 1.29 is 4.79 Å². The smallest absolute Gasteiger partial charge is 0.270 e. The van der Waals surface area contributed by atoms with E-state index in [2.05, 4.69) is 4.98 Å². The highest BCUT2D eigenvalue weighted by Crippen LogP contribution is 2.08. The maximum atomic E-state index is 12.2. The van der Waals surface area contributed by atoms with Crippen LogP contribution >= 0.6 is 0 Å². The Bertz CT molecular complexity index is 500. The lowest BCUT2D eigenvalue weighted by molar-refractivity contribution is 0.0765. The van der Waals surface area contributed by atoms with Gasteiger partial charge in [0.2, 0.25) is 0 Å². The molecule has 0 bridgehead atoms. The second-order valence-corrected chi connectivity index (χ2v) is 3.54. The zero-order chi connectivity index (χ0) is 11.5. The van der Waals surface area contributed by atoms with Crippen molar-refractivity contribution in [1.82, 2.24) is 14.3 Å². The van der Waals surface area contributed by atoms with Crippen molar-refractivity contribution in [1.29, 1.82) is 0 Å². The summed E-state index contributed by atoms with van der Waals surface area (Å²) in [6.45, 7) is 5.41. The van der Waals surface area contributed by atoms with E-state index in [9.17, 15) is 4.79 Å². The molecule has 4 nitrogen and oxygen atoms in total. The molecule has 1 amide bonds. The summed E-state index contributed by atoms with van der Waals surface area (Å²) < 4.78 is 1.82. The molecule has 2 rings (SSSR count). The third kappa shape index (κ3) is 1.66. The van der Waals surface area contributed by atoms with Gasteiger partial charge in [-0.3, -0.25) is 9.20 Å². The first-order valence-electron chi connectivity index (χ1n) is 5.49. The highest BCUT2D eigenvalue weighted by atomic mass is 16.2. The van der Waals surface area contributed by atoms with E-state index in [0.29, 0.717) is 5.69 Å². The number of nitrogens with zero attached hydrogens (tertiary/aromatic N) is 3. The van der Waals surface area contributed by atoms with E-state index in [4.69, 9.17) is 0 Å². The minimum Gasteiger partial charge on any atom is -0.338 e. The molecule has 2 heterocycles. The van der Waals surface area contributed by atoms with Crippen LogP contribution in [0.4, 0.5) is 0 Å². The van der Waals surface area contributed by atoms with Gasteiger partial charge in [-0.25, -0.2) is 4.98 Å². The minimum atomic E-state index is 0.0496. The Morgan fingerprint density at radius 1 is 1.38 bits per heavy atom. The van der Waals surface area contributed by atoms with E-state index < -0.39 is 0 Å². The van der Waals surface area contributed by atoms with Gasteiger partial charge < -0.3 is 4.90 Å². The summed E-state index contributed by atoms with van der Waals surface area (Å²) in [5.41, 5.74) is 1.47. The van der Waals surface area contributed by atoms with Gasteiger partial charge >= 0.3 is 0 Å². The zero-order valence-electron chi connectivity index (χ0n) is 9.55. The first kappa shape index (κ1) is 10.7. The predicted molar refractivity (Wildman–Crippen MR) is 62.4 cm³/mol. The molecule has 0 unspecified atom stereocenters.